The first-order valence-electron chi connectivity index (χ1n) is 8.22. The van der Waals surface area contributed by atoms with Crippen molar-refractivity contribution in [1.82, 2.24) is 4.90 Å². The average Bonchev–Trinajstić information content (AvgIpc) is 3.14. The zero-order valence-electron chi connectivity index (χ0n) is 14.0. The highest BCUT2D eigenvalue weighted by Crippen LogP contribution is 2.37. The van der Waals surface area contributed by atoms with Gasteiger partial charge in [-0.25, -0.2) is 8.78 Å². The Morgan fingerprint density at radius 3 is 2.52 bits per heavy atom. The molecular formula is C20H14F2N2O2S. The van der Waals surface area contributed by atoms with Gasteiger partial charge in [0.05, 0.1) is 10.9 Å². The van der Waals surface area contributed by atoms with Crippen LogP contribution in [0.15, 0.2) is 60.0 Å². The van der Waals surface area contributed by atoms with Gasteiger partial charge in [0.2, 0.25) is 5.91 Å². The molecule has 1 aliphatic rings. The number of thiophene rings is 1. The Kier molecular flexibility index (Phi) is 4.45. The van der Waals surface area contributed by atoms with Crippen LogP contribution in [-0.4, -0.2) is 23.3 Å². The molecule has 0 bridgehead atoms. The minimum absolute atomic E-state index is 0.199. The summed E-state index contributed by atoms with van der Waals surface area (Å²) in [5.74, 6) is -1.62. The molecule has 1 atom stereocenters. The number of nitrogens with one attached hydrogen (secondary N) is 1. The SMILES string of the molecule is O=C1CN(C(=O)c2cccs2)[C@@H](c2ccc(F)cc2)c2cc(F)ccc2N1. The second-order valence-electron chi connectivity index (χ2n) is 6.14. The van der Waals surface area contributed by atoms with E-state index in [0.717, 1.165) is 0 Å². The second-order valence-corrected chi connectivity index (χ2v) is 7.09. The third kappa shape index (κ3) is 3.33. The fourth-order valence-electron chi connectivity index (χ4n) is 3.21. The molecule has 0 aliphatic carbocycles. The summed E-state index contributed by atoms with van der Waals surface area (Å²) in [7, 11) is 0. The number of benzene rings is 2. The van der Waals surface area contributed by atoms with Gasteiger partial charge in [-0.3, -0.25) is 9.59 Å². The third-order valence-corrected chi connectivity index (χ3v) is 5.24. The van der Waals surface area contributed by atoms with Crippen molar-refractivity contribution in [3.8, 4) is 0 Å². The van der Waals surface area contributed by atoms with Gasteiger partial charge in [-0.15, -0.1) is 11.3 Å². The van der Waals surface area contributed by atoms with Crippen molar-refractivity contribution in [3.63, 3.8) is 0 Å². The van der Waals surface area contributed by atoms with Gasteiger partial charge in [0.25, 0.3) is 5.91 Å². The van der Waals surface area contributed by atoms with Gasteiger partial charge in [-0.1, -0.05) is 18.2 Å². The lowest BCUT2D eigenvalue weighted by Gasteiger charge is -2.30. The lowest BCUT2D eigenvalue weighted by atomic mass is 9.95. The van der Waals surface area contributed by atoms with Crippen LogP contribution in [0.2, 0.25) is 0 Å². The molecule has 0 unspecified atom stereocenters. The summed E-state index contributed by atoms with van der Waals surface area (Å²) in [4.78, 5) is 27.3. The molecule has 0 saturated heterocycles. The van der Waals surface area contributed by atoms with E-state index in [9.17, 15) is 18.4 Å². The molecule has 0 fully saturated rings. The van der Waals surface area contributed by atoms with E-state index in [-0.39, 0.29) is 18.4 Å². The van der Waals surface area contributed by atoms with Crippen molar-refractivity contribution in [2.45, 2.75) is 6.04 Å². The molecule has 136 valence electrons. The summed E-state index contributed by atoms with van der Waals surface area (Å²) in [5.41, 5.74) is 1.46. The van der Waals surface area contributed by atoms with Crippen LogP contribution in [0, 0.1) is 11.6 Å². The molecule has 0 radical (unpaired) electrons. The van der Waals surface area contributed by atoms with Gasteiger partial charge >= 0.3 is 0 Å². The van der Waals surface area contributed by atoms with E-state index in [1.165, 1.54) is 46.6 Å². The number of hydrogen-bond acceptors (Lipinski definition) is 3. The maximum atomic E-state index is 14.0. The number of carbonyl (C=O) groups is 2. The molecule has 1 aliphatic heterocycles. The van der Waals surface area contributed by atoms with Crippen molar-refractivity contribution in [3.05, 3.63) is 87.6 Å². The Balaban J connectivity index is 1.90. The fourth-order valence-corrected chi connectivity index (χ4v) is 3.89. The summed E-state index contributed by atoms with van der Waals surface area (Å²) < 4.78 is 27.4. The average molecular weight is 384 g/mol. The Bertz CT molecular complexity index is 1000. The van der Waals surface area contributed by atoms with Gasteiger partial charge in [0.15, 0.2) is 0 Å². The Labute approximate surface area is 158 Å². The summed E-state index contributed by atoms with van der Waals surface area (Å²) in [5, 5.41) is 4.49. The highest BCUT2D eigenvalue weighted by Gasteiger charge is 2.34. The second kappa shape index (κ2) is 6.92. The zero-order chi connectivity index (χ0) is 19.0. The van der Waals surface area contributed by atoms with Crippen molar-refractivity contribution < 1.29 is 18.4 Å². The van der Waals surface area contributed by atoms with E-state index in [0.29, 0.717) is 21.7 Å². The number of amides is 2. The van der Waals surface area contributed by atoms with Gasteiger partial charge in [0, 0.05) is 11.3 Å². The number of carbonyl (C=O) groups excluding carboxylic acids is 2. The van der Waals surface area contributed by atoms with Gasteiger partial charge in [0.1, 0.15) is 18.2 Å². The molecule has 4 rings (SSSR count). The van der Waals surface area contributed by atoms with Gasteiger partial charge in [-0.05, 0) is 47.3 Å². The smallest absolute Gasteiger partial charge is 0.265 e. The fraction of sp³-hybridized carbons (Fsp3) is 0.100. The first-order valence-corrected chi connectivity index (χ1v) is 9.10. The van der Waals surface area contributed by atoms with Crippen LogP contribution in [0.4, 0.5) is 14.5 Å². The largest absolute Gasteiger partial charge is 0.324 e. The summed E-state index contributed by atoms with van der Waals surface area (Å²) in [6, 6.07) is 12.3. The van der Waals surface area contributed by atoms with Crippen molar-refractivity contribution in [1.29, 1.82) is 0 Å². The summed E-state index contributed by atoms with van der Waals surface area (Å²) >= 11 is 1.26. The van der Waals surface area contributed by atoms with Crippen LogP contribution in [0.5, 0.6) is 0 Å². The van der Waals surface area contributed by atoms with Crippen LogP contribution in [0.1, 0.15) is 26.8 Å². The molecule has 2 amide bonds. The third-order valence-electron chi connectivity index (χ3n) is 4.39. The Morgan fingerprint density at radius 1 is 1.07 bits per heavy atom. The van der Waals surface area contributed by atoms with Crippen molar-refractivity contribution >= 4 is 28.8 Å². The van der Waals surface area contributed by atoms with Crippen molar-refractivity contribution in [2.75, 3.05) is 11.9 Å². The van der Waals surface area contributed by atoms with E-state index < -0.39 is 17.7 Å². The monoisotopic (exact) mass is 384 g/mol. The van der Waals surface area contributed by atoms with E-state index in [2.05, 4.69) is 5.32 Å². The maximum absolute atomic E-state index is 14.0. The molecule has 7 heteroatoms. The minimum Gasteiger partial charge on any atom is -0.324 e. The molecule has 2 aromatic carbocycles. The highest BCUT2D eigenvalue weighted by atomic mass is 32.1. The summed E-state index contributed by atoms with van der Waals surface area (Å²) in [6.45, 7) is -0.199. The zero-order valence-corrected chi connectivity index (χ0v) is 14.8. The number of halogens is 2. The Morgan fingerprint density at radius 2 is 1.81 bits per heavy atom. The van der Waals surface area contributed by atoms with Crippen LogP contribution in [0.25, 0.3) is 0 Å². The molecular weight excluding hydrogens is 370 g/mol. The topological polar surface area (TPSA) is 49.4 Å². The minimum atomic E-state index is -0.732. The number of rotatable bonds is 2. The van der Waals surface area contributed by atoms with Crippen LogP contribution >= 0.6 is 11.3 Å². The van der Waals surface area contributed by atoms with E-state index in [1.807, 2.05) is 0 Å². The van der Waals surface area contributed by atoms with E-state index in [1.54, 1.807) is 29.6 Å². The van der Waals surface area contributed by atoms with Gasteiger partial charge < -0.3 is 10.2 Å². The maximum Gasteiger partial charge on any atom is 0.265 e. The van der Waals surface area contributed by atoms with Crippen LogP contribution < -0.4 is 5.32 Å². The standard InChI is InChI=1S/C20H14F2N2O2S/c21-13-5-3-12(4-6-13)19-15-10-14(22)7-8-16(15)23-18(25)11-24(19)20(26)17-2-1-9-27-17/h1-10,19H,11H2,(H,23,25)/t19-/m0/s1. The van der Waals surface area contributed by atoms with Gasteiger partial charge in [-0.2, -0.15) is 0 Å². The molecule has 1 N–H and O–H groups in total. The first-order chi connectivity index (χ1) is 13.0. The number of fused-ring (bicyclic) bond motifs is 1. The predicted octanol–water partition coefficient (Wildman–Crippen LogP) is 4.21. The number of anilines is 1. The molecule has 0 spiro atoms. The van der Waals surface area contributed by atoms with Crippen molar-refractivity contribution in [2.24, 2.45) is 0 Å². The normalized spacial score (nSPS) is 16.4. The van der Waals surface area contributed by atoms with E-state index in [4.69, 9.17) is 0 Å². The molecule has 27 heavy (non-hydrogen) atoms. The summed E-state index contributed by atoms with van der Waals surface area (Å²) in [6.07, 6.45) is 0. The molecule has 3 aromatic rings. The number of nitrogens with zero attached hydrogens (tertiary/aromatic N) is 1. The van der Waals surface area contributed by atoms with E-state index >= 15 is 0 Å². The van der Waals surface area contributed by atoms with Crippen LogP contribution in [-0.2, 0) is 4.79 Å². The molecule has 1 aromatic heterocycles. The first kappa shape index (κ1) is 17.4. The quantitative estimate of drug-likeness (QED) is 0.720. The molecule has 2 heterocycles. The van der Waals surface area contributed by atoms with Crippen LogP contribution in [0.3, 0.4) is 0 Å². The predicted molar refractivity (Wildman–Crippen MR) is 98.6 cm³/mol. The molecule has 0 saturated carbocycles. The highest BCUT2D eigenvalue weighted by molar-refractivity contribution is 7.12. The molecule has 4 nitrogen and oxygen atoms in total. The Hall–Kier alpha value is -3.06. The lowest BCUT2D eigenvalue weighted by molar-refractivity contribution is -0.117. The number of hydrogen-bond donors (Lipinski definition) is 1. The lowest BCUT2D eigenvalue weighted by Crippen LogP contribution is -2.38.